The maximum absolute atomic E-state index is 2.68. The fourth-order valence-electron chi connectivity index (χ4n) is 3.03. The predicted molar refractivity (Wildman–Crippen MR) is 36.2 cm³/mol. The summed E-state index contributed by atoms with van der Waals surface area (Å²) >= 11 is 0. The lowest BCUT2D eigenvalue weighted by molar-refractivity contribution is -0.0991. The molecule has 0 spiro atoms. The van der Waals surface area contributed by atoms with E-state index in [1.807, 2.05) is 0 Å². The quantitative estimate of drug-likeness (QED) is 0.466. The van der Waals surface area contributed by atoms with E-state index in [0.29, 0.717) is 0 Å². The molecule has 4 saturated heterocycles. The van der Waals surface area contributed by atoms with E-state index in [4.69, 9.17) is 0 Å². The summed E-state index contributed by atoms with van der Waals surface area (Å²) in [5.74, 6) is 2.24. The van der Waals surface area contributed by atoms with E-state index in [-0.39, 0.29) is 0 Å². The van der Waals surface area contributed by atoms with Crippen LogP contribution < -0.4 is 0 Å². The fourth-order valence-corrected chi connectivity index (χ4v) is 3.03. The maximum atomic E-state index is 2.68. The highest BCUT2D eigenvalue weighted by atomic mass is 15.3. The summed E-state index contributed by atoms with van der Waals surface area (Å²) in [4.78, 5) is 2.68. The van der Waals surface area contributed by atoms with Gasteiger partial charge < -0.3 is 0 Å². The molecule has 4 bridgehead atoms. The van der Waals surface area contributed by atoms with Crippen molar-refractivity contribution in [3.8, 4) is 0 Å². The molecule has 4 unspecified atom stereocenters. The molecule has 9 heavy (non-hydrogen) atoms. The SMILES string of the molecule is C1CC2C3CC1CN2C3. The Morgan fingerprint density at radius 1 is 1.11 bits per heavy atom. The zero-order valence-corrected chi connectivity index (χ0v) is 5.71. The topological polar surface area (TPSA) is 3.24 Å². The molecule has 0 aromatic carbocycles. The fraction of sp³-hybridized carbons (Fsp3) is 1.00. The highest BCUT2D eigenvalue weighted by Crippen LogP contribution is 2.46. The van der Waals surface area contributed by atoms with Crippen LogP contribution in [0.5, 0.6) is 0 Å². The Morgan fingerprint density at radius 2 is 2.11 bits per heavy atom. The van der Waals surface area contributed by atoms with Gasteiger partial charge in [0.2, 0.25) is 0 Å². The predicted octanol–water partition coefficient (Wildman–Crippen LogP) is 1.10. The monoisotopic (exact) mass is 123 g/mol. The van der Waals surface area contributed by atoms with Crippen molar-refractivity contribution in [1.82, 2.24) is 4.90 Å². The molecule has 4 heterocycles. The molecule has 50 valence electrons. The Bertz CT molecular complexity index is 128. The molecule has 5 fully saturated rings. The molecular formula is C8H13N. The molecule has 1 saturated carbocycles. The Labute approximate surface area is 56.0 Å². The summed E-state index contributed by atoms with van der Waals surface area (Å²) < 4.78 is 0. The van der Waals surface area contributed by atoms with E-state index in [0.717, 1.165) is 17.9 Å². The Morgan fingerprint density at radius 3 is 2.44 bits per heavy atom. The molecule has 4 atom stereocenters. The number of nitrogens with zero attached hydrogens (tertiary/aromatic N) is 1. The first-order chi connectivity index (χ1) is 4.43. The van der Waals surface area contributed by atoms with Crippen LogP contribution in [0.25, 0.3) is 0 Å². The number of fused-ring (bicyclic) bond motifs is 1. The lowest BCUT2D eigenvalue weighted by Crippen LogP contribution is -2.65. The molecule has 4 aliphatic heterocycles. The summed E-state index contributed by atoms with van der Waals surface area (Å²) in [7, 11) is 0. The Hall–Kier alpha value is -0.0400. The summed E-state index contributed by atoms with van der Waals surface area (Å²) in [6, 6.07) is 1.05. The summed E-state index contributed by atoms with van der Waals surface area (Å²) in [5.41, 5.74) is 0. The molecule has 5 rings (SSSR count). The van der Waals surface area contributed by atoms with Gasteiger partial charge in [-0.1, -0.05) is 0 Å². The van der Waals surface area contributed by atoms with E-state index in [1.54, 1.807) is 6.42 Å². The first-order valence-corrected chi connectivity index (χ1v) is 4.17. The molecule has 1 nitrogen and oxygen atoms in total. The average Bonchev–Trinajstić information content (AvgIpc) is 1.88. The first-order valence-electron chi connectivity index (χ1n) is 4.17. The number of hydrogen-bond acceptors (Lipinski definition) is 1. The minimum atomic E-state index is 1.05. The zero-order valence-electron chi connectivity index (χ0n) is 5.71. The minimum Gasteiger partial charge on any atom is -0.299 e. The van der Waals surface area contributed by atoms with Gasteiger partial charge in [0.1, 0.15) is 0 Å². The number of rotatable bonds is 0. The zero-order chi connectivity index (χ0) is 5.84. The van der Waals surface area contributed by atoms with Gasteiger partial charge >= 0.3 is 0 Å². The number of piperidine rings is 3. The van der Waals surface area contributed by atoms with Crippen molar-refractivity contribution >= 4 is 0 Å². The van der Waals surface area contributed by atoms with Crippen molar-refractivity contribution in [1.29, 1.82) is 0 Å². The van der Waals surface area contributed by atoms with Crippen LogP contribution in [0.3, 0.4) is 0 Å². The van der Waals surface area contributed by atoms with Crippen molar-refractivity contribution in [2.45, 2.75) is 25.3 Å². The van der Waals surface area contributed by atoms with Gasteiger partial charge in [0.15, 0.2) is 0 Å². The Kier molecular flexibility index (Phi) is 0.704. The highest BCUT2D eigenvalue weighted by molar-refractivity contribution is 5.02. The molecule has 0 N–H and O–H groups in total. The van der Waals surface area contributed by atoms with E-state index < -0.39 is 0 Å². The normalized spacial score (nSPS) is 61.3. The molecule has 1 aliphatic carbocycles. The van der Waals surface area contributed by atoms with Gasteiger partial charge in [-0.2, -0.15) is 0 Å². The van der Waals surface area contributed by atoms with Crippen molar-refractivity contribution < 1.29 is 0 Å². The second-order valence-electron chi connectivity index (χ2n) is 3.96. The van der Waals surface area contributed by atoms with Crippen molar-refractivity contribution in [3.05, 3.63) is 0 Å². The lowest BCUT2D eigenvalue weighted by Gasteiger charge is -2.59. The third-order valence-electron chi connectivity index (χ3n) is 3.48. The molecule has 5 aliphatic rings. The van der Waals surface area contributed by atoms with Crippen molar-refractivity contribution in [2.75, 3.05) is 13.1 Å². The van der Waals surface area contributed by atoms with Crippen LogP contribution in [0.15, 0.2) is 0 Å². The Balaban J connectivity index is 1.93. The summed E-state index contributed by atoms with van der Waals surface area (Å²) in [5, 5.41) is 0. The first kappa shape index (κ1) is 4.73. The second kappa shape index (κ2) is 1.34. The van der Waals surface area contributed by atoms with Gasteiger partial charge in [-0.15, -0.1) is 0 Å². The molecule has 1 heteroatoms. The average molecular weight is 123 g/mol. The minimum absolute atomic E-state index is 1.05. The molecular weight excluding hydrogens is 110 g/mol. The van der Waals surface area contributed by atoms with Crippen LogP contribution in [-0.4, -0.2) is 24.0 Å². The highest BCUT2D eigenvalue weighted by Gasteiger charge is 2.48. The second-order valence-corrected chi connectivity index (χ2v) is 3.96. The van der Waals surface area contributed by atoms with Crippen molar-refractivity contribution in [3.63, 3.8) is 0 Å². The van der Waals surface area contributed by atoms with Gasteiger partial charge in [0, 0.05) is 19.1 Å². The van der Waals surface area contributed by atoms with Crippen LogP contribution in [0.4, 0.5) is 0 Å². The lowest BCUT2D eigenvalue weighted by atomic mass is 9.66. The van der Waals surface area contributed by atoms with Crippen LogP contribution in [0.1, 0.15) is 19.3 Å². The third-order valence-corrected chi connectivity index (χ3v) is 3.48. The standard InChI is InChI=1S/C8H13N/c1-2-8-7-3-6(1)4-9(8)5-7/h6-8H,1-5H2. The molecule has 0 radical (unpaired) electrons. The van der Waals surface area contributed by atoms with Gasteiger partial charge in [0.25, 0.3) is 0 Å². The third kappa shape index (κ3) is 0.454. The molecule has 0 aromatic heterocycles. The molecule has 0 aromatic rings. The summed E-state index contributed by atoms with van der Waals surface area (Å²) in [6.07, 6.45) is 4.63. The number of hydrogen-bond donors (Lipinski definition) is 0. The van der Waals surface area contributed by atoms with E-state index in [2.05, 4.69) is 4.90 Å². The molecule has 0 amide bonds. The summed E-state index contributed by atoms with van der Waals surface area (Å²) in [6.45, 7) is 2.89. The van der Waals surface area contributed by atoms with Gasteiger partial charge in [0.05, 0.1) is 0 Å². The van der Waals surface area contributed by atoms with Gasteiger partial charge in [-0.05, 0) is 31.1 Å². The van der Waals surface area contributed by atoms with Crippen LogP contribution in [0.2, 0.25) is 0 Å². The van der Waals surface area contributed by atoms with Crippen LogP contribution in [0, 0.1) is 11.8 Å². The smallest absolute Gasteiger partial charge is 0.0136 e. The van der Waals surface area contributed by atoms with E-state index >= 15 is 0 Å². The largest absolute Gasteiger partial charge is 0.299 e. The van der Waals surface area contributed by atoms with E-state index in [1.165, 1.54) is 25.9 Å². The van der Waals surface area contributed by atoms with Crippen LogP contribution in [-0.2, 0) is 0 Å². The van der Waals surface area contributed by atoms with E-state index in [9.17, 15) is 0 Å². The van der Waals surface area contributed by atoms with Crippen molar-refractivity contribution in [2.24, 2.45) is 11.8 Å². The van der Waals surface area contributed by atoms with Gasteiger partial charge in [-0.3, -0.25) is 4.90 Å². The maximum Gasteiger partial charge on any atom is 0.0136 e. The van der Waals surface area contributed by atoms with Gasteiger partial charge in [-0.25, -0.2) is 0 Å². The van der Waals surface area contributed by atoms with Crippen LogP contribution >= 0.6 is 0 Å².